The number of carbonyl (C=O) groups excluding carboxylic acids is 1. The second kappa shape index (κ2) is 8.11. The Balaban J connectivity index is 1.76. The molecule has 0 bridgehead atoms. The zero-order valence-corrected chi connectivity index (χ0v) is 17.2. The molecule has 0 unspecified atom stereocenters. The monoisotopic (exact) mass is 397 g/mol. The number of carbonyl (C=O) groups is 1. The maximum Gasteiger partial charge on any atom is 0.375 e. The van der Waals surface area contributed by atoms with Crippen molar-refractivity contribution in [1.29, 1.82) is 0 Å². The molecular formula is C23H24ClNO3. The number of anilines is 1. The van der Waals surface area contributed by atoms with Gasteiger partial charge in [-0.1, -0.05) is 41.9 Å². The van der Waals surface area contributed by atoms with Gasteiger partial charge >= 0.3 is 5.97 Å². The molecule has 0 aliphatic carbocycles. The molecule has 1 N–H and O–H groups in total. The van der Waals surface area contributed by atoms with Crippen molar-refractivity contribution in [3.05, 3.63) is 77.2 Å². The van der Waals surface area contributed by atoms with E-state index in [-0.39, 0.29) is 11.8 Å². The highest BCUT2D eigenvalue weighted by atomic mass is 35.5. The van der Waals surface area contributed by atoms with E-state index in [0.717, 1.165) is 22.4 Å². The summed E-state index contributed by atoms with van der Waals surface area (Å²) in [6, 6.07) is 17.5. The topological polar surface area (TPSA) is 51.5 Å². The normalized spacial score (nSPS) is 12.5. The van der Waals surface area contributed by atoms with E-state index in [0.29, 0.717) is 5.02 Å². The first-order valence-electron chi connectivity index (χ1n) is 9.16. The summed E-state index contributed by atoms with van der Waals surface area (Å²) in [5.41, 5.74) is 3.12. The Morgan fingerprint density at radius 3 is 2.46 bits per heavy atom. The van der Waals surface area contributed by atoms with Gasteiger partial charge in [0.2, 0.25) is 5.76 Å². The summed E-state index contributed by atoms with van der Waals surface area (Å²) in [6.07, 6.45) is 1.51. The van der Waals surface area contributed by atoms with Gasteiger partial charge in [-0.2, -0.15) is 0 Å². The summed E-state index contributed by atoms with van der Waals surface area (Å²) < 4.78 is 10.8. The lowest BCUT2D eigenvalue weighted by atomic mass is 10.0. The van der Waals surface area contributed by atoms with Crippen LogP contribution in [-0.4, -0.2) is 11.6 Å². The number of hydrogen-bond donors (Lipinski definition) is 1. The largest absolute Gasteiger partial charge is 0.457 e. The van der Waals surface area contributed by atoms with Gasteiger partial charge in [-0.3, -0.25) is 0 Å². The maximum absolute atomic E-state index is 12.4. The van der Waals surface area contributed by atoms with Crippen molar-refractivity contribution in [3.63, 3.8) is 0 Å². The molecule has 4 nitrogen and oxygen atoms in total. The van der Waals surface area contributed by atoms with E-state index >= 15 is 0 Å². The molecule has 1 atom stereocenters. The molecular weight excluding hydrogens is 374 g/mol. The Morgan fingerprint density at radius 1 is 1.11 bits per heavy atom. The Hall–Kier alpha value is -2.72. The summed E-state index contributed by atoms with van der Waals surface area (Å²) in [4.78, 5) is 12.4. The molecule has 0 aliphatic heterocycles. The average Bonchev–Trinajstić information content (AvgIpc) is 3.10. The van der Waals surface area contributed by atoms with Crippen LogP contribution in [0.15, 0.2) is 65.3 Å². The number of furan rings is 1. The number of ether oxygens (including phenoxy) is 1. The number of benzene rings is 2. The van der Waals surface area contributed by atoms with Crippen LogP contribution in [0.3, 0.4) is 0 Å². The Morgan fingerprint density at radius 2 is 1.82 bits per heavy atom. The van der Waals surface area contributed by atoms with E-state index < -0.39 is 11.6 Å². The fraction of sp³-hybridized carbons (Fsp3) is 0.261. The molecule has 0 amide bonds. The van der Waals surface area contributed by atoms with Crippen LogP contribution >= 0.6 is 11.6 Å². The Kier molecular flexibility index (Phi) is 5.80. The van der Waals surface area contributed by atoms with Crippen molar-refractivity contribution in [2.75, 3.05) is 5.32 Å². The lowest BCUT2D eigenvalue weighted by Gasteiger charge is -2.19. The molecule has 1 heterocycles. The van der Waals surface area contributed by atoms with E-state index in [1.165, 1.54) is 6.26 Å². The maximum atomic E-state index is 12.4. The number of esters is 1. The first-order valence-corrected chi connectivity index (χ1v) is 9.54. The fourth-order valence-corrected chi connectivity index (χ4v) is 3.07. The van der Waals surface area contributed by atoms with Gasteiger partial charge in [0.05, 0.1) is 6.26 Å². The molecule has 2 aromatic carbocycles. The summed E-state index contributed by atoms with van der Waals surface area (Å²) in [5.74, 6) is -0.250. The van der Waals surface area contributed by atoms with Crippen molar-refractivity contribution in [3.8, 4) is 11.1 Å². The lowest BCUT2D eigenvalue weighted by molar-refractivity contribution is 0.00372. The van der Waals surface area contributed by atoms with Crippen LogP contribution in [0.1, 0.15) is 49.9 Å². The van der Waals surface area contributed by atoms with Gasteiger partial charge in [-0.15, -0.1) is 0 Å². The highest BCUT2D eigenvalue weighted by Crippen LogP contribution is 2.29. The minimum atomic E-state index is -0.577. The van der Waals surface area contributed by atoms with Gasteiger partial charge in [0, 0.05) is 22.3 Å². The molecule has 5 heteroatoms. The molecule has 3 aromatic rings. The second-order valence-corrected chi connectivity index (χ2v) is 8.10. The van der Waals surface area contributed by atoms with Gasteiger partial charge in [0.15, 0.2) is 0 Å². The van der Waals surface area contributed by atoms with E-state index in [4.69, 9.17) is 20.8 Å². The van der Waals surface area contributed by atoms with Crippen LogP contribution in [0.4, 0.5) is 5.69 Å². The summed E-state index contributed by atoms with van der Waals surface area (Å²) >= 11 is 6.05. The first kappa shape index (κ1) is 20.0. The fourth-order valence-electron chi connectivity index (χ4n) is 2.88. The smallest absolute Gasteiger partial charge is 0.375 e. The third-order valence-electron chi connectivity index (χ3n) is 4.18. The molecule has 0 spiro atoms. The summed E-state index contributed by atoms with van der Waals surface area (Å²) in [5, 5.41) is 4.13. The van der Waals surface area contributed by atoms with Gasteiger partial charge in [0.1, 0.15) is 5.60 Å². The van der Waals surface area contributed by atoms with Crippen LogP contribution in [0.2, 0.25) is 5.02 Å². The van der Waals surface area contributed by atoms with Gasteiger partial charge < -0.3 is 14.5 Å². The zero-order chi connectivity index (χ0) is 20.3. The third-order valence-corrected chi connectivity index (χ3v) is 4.41. The molecule has 0 saturated heterocycles. The predicted molar refractivity (Wildman–Crippen MR) is 113 cm³/mol. The highest BCUT2D eigenvalue weighted by molar-refractivity contribution is 6.30. The predicted octanol–water partition coefficient (Wildman–Crippen LogP) is 6.73. The van der Waals surface area contributed by atoms with Crippen LogP contribution < -0.4 is 5.32 Å². The first-order chi connectivity index (χ1) is 13.2. The SMILES string of the molecule is C[C@@H](Nc1cccc(Cl)c1)c1ccc(-c2ccoc2C(=O)OC(C)(C)C)cc1. The standard InChI is InChI=1S/C23H24ClNO3/c1-15(25-19-7-5-6-18(24)14-19)16-8-10-17(11-9-16)20-12-13-27-21(20)22(26)28-23(2,3)4/h5-15,25H,1-4H3/t15-/m1/s1. The number of nitrogens with one attached hydrogen (secondary N) is 1. The minimum Gasteiger partial charge on any atom is -0.457 e. The summed E-state index contributed by atoms with van der Waals surface area (Å²) in [7, 11) is 0. The van der Waals surface area contributed by atoms with Gasteiger partial charge in [-0.05, 0) is 63.1 Å². The van der Waals surface area contributed by atoms with Crippen molar-refractivity contribution in [2.24, 2.45) is 0 Å². The highest BCUT2D eigenvalue weighted by Gasteiger charge is 2.23. The molecule has 0 fully saturated rings. The van der Waals surface area contributed by atoms with Crippen molar-refractivity contribution in [1.82, 2.24) is 0 Å². The van der Waals surface area contributed by atoms with Crippen LogP contribution in [0, 0.1) is 0 Å². The van der Waals surface area contributed by atoms with E-state index in [1.54, 1.807) is 6.07 Å². The van der Waals surface area contributed by atoms with Gasteiger partial charge in [-0.25, -0.2) is 4.79 Å². The Labute approximate surface area is 170 Å². The van der Waals surface area contributed by atoms with Gasteiger partial charge in [0.25, 0.3) is 0 Å². The third kappa shape index (κ3) is 4.96. The quantitative estimate of drug-likeness (QED) is 0.485. The molecule has 146 valence electrons. The summed E-state index contributed by atoms with van der Waals surface area (Å²) in [6.45, 7) is 7.57. The molecule has 3 rings (SSSR count). The molecule has 0 radical (unpaired) electrons. The molecule has 1 aromatic heterocycles. The van der Waals surface area contributed by atoms with Crippen LogP contribution in [-0.2, 0) is 4.74 Å². The van der Waals surface area contributed by atoms with E-state index in [2.05, 4.69) is 12.2 Å². The van der Waals surface area contributed by atoms with Crippen LogP contribution in [0.25, 0.3) is 11.1 Å². The Bertz CT molecular complexity index is 954. The molecule has 28 heavy (non-hydrogen) atoms. The van der Waals surface area contributed by atoms with E-state index in [1.807, 2.05) is 69.3 Å². The van der Waals surface area contributed by atoms with Crippen molar-refractivity contribution >= 4 is 23.3 Å². The molecule has 0 saturated carbocycles. The number of hydrogen-bond acceptors (Lipinski definition) is 4. The second-order valence-electron chi connectivity index (χ2n) is 7.66. The zero-order valence-electron chi connectivity index (χ0n) is 16.5. The van der Waals surface area contributed by atoms with Crippen molar-refractivity contribution < 1.29 is 13.9 Å². The minimum absolute atomic E-state index is 0.0993. The van der Waals surface area contributed by atoms with Crippen LogP contribution in [0.5, 0.6) is 0 Å². The van der Waals surface area contributed by atoms with Crippen molar-refractivity contribution in [2.45, 2.75) is 39.3 Å². The molecule has 0 aliphatic rings. The number of rotatable bonds is 5. The lowest BCUT2D eigenvalue weighted by Crippen LogP contribution is -2.23. The average molecular weight is 398 g/mol. The number of halogens is 1. The van der Waals surface area contributed by atoms with E-state index in [9.17, 15) is 4.79 Å².